The van der Waals surface area contributed by atoms with E-state index in [9.17, 15) is 4.39 Å². The van der Waals surface area contributed by atoms with Gasteiger partial charge in [0.1, 0.15) is 5.82 Å². The van der Waals surface area contributed by atoms with Crippen LogP contribution < -0.4 is 0 Å². The summed E-state index contributed by atoms with van der Waals surface area (Å²) in [5.74, 6) is -0.181. The average Bonchev–Trinajstić information content (AvgIpc) is 2.27. The molecule has 0 radical (unpaired) electrons. The van der Waals surface area contributed by atoms with E-state index in [1.165, 1.54) is 6.07 Å². The van der Waals surface area contributed by atoms with Gasteiger partial charge in [-0.25, -0.2) is 4.39 Å². The first-order valence-electron chi connectivity index (χ1n) is 5.79. The lowest BCUT2D eigenvalue weighted by molar-refractivity contribution is 0.0354. The van der Waals surface area contributed by atoms with Gasteiger partial charge in [-0.15, -0.1) is 0 Å². The minimum atomic E-state index is -0.317. The Morgan fingerprint density at radius 1 is 1.29 bits per heavy atom. The summed E-state index contributed by atoms with van der Waals surface area (Å²) in [6, 6.07) is 4.79. The molecule has 1 unspecified atom stereocenters. The fourth-order valence-corrected chi connectivity index (χ4v) is 2.67. The quantitative estimate of drug-likeness (QED) is 0.762. The summed E-state index contributed by atoms with van der Waals surface area (Å²) in [4.78, 5) is 4.42. The first-order chi connectivity index (χ1) is 7.93. The van der Waals surface area contributed by atoms with Crippen LogP contribution in [0.25, 0.3) is 0 Å². The lowest BCUT2D eigenvalue weighted by Gasteiger charge is -2.46. The first kappa shape index (κ1) is 12.8. The predicted octanol–water partition coefficient (Wildman–Crippen LogP) is 2.57. The Balaban J connectivity index is 2.45. The second kappa shape index (κ2) is 4.56. The van der Waals surface area contributed by atoms with Crippen molar-refractivity contribution in [1.29, 1.82) is 0 Å². The lowest BCUT2D eigenvalue weighted by atomic mass is 9.87. The fourth-order valence-electron chi connectivity index (χ4n) is 2.49. The number of hydrogen-bond donors (Lipinski definition) is 0. The predicted molar refractivity (Wildman–Crippen MR) is 68.9 cm³/mol. The van der Waals surface area contributed by atoms with E-state index in [4.69, 9.17) is 11.6 Å². The van der Waals surface area contributed by atoms with Crippen LogP contribution in [0.2, 0.25) is 5.02 Å². The molecule has 0 amide bonds. The second-order valence-electron chi connectivity index (χ2n) is 5.06. The molecule has 0 aliphatic carbocycles. The Bertz CT molecular complexity index is 424. The van der Waals surface area contributed by atoms with E-state index in [2.05, 4.69) is 23.8 Å². The van der Waals surface area contributed by atoms with E-state index < -0.39 is 0 Å². The Morgan fingerprint density at radius 3 is 2.71 bits per heavy atom. The SMILES string of the molecule is CN1CCN(C)C(C)(c2cc(Cl)ccc2F)C1. The summed E-state index contributed by atoms with van der Waals surface area (Å²) in [5, 5.41) is 0.587. The summed E-state index contributed by atoms with van der Waals surface area (Å²) >= 11 is 5.98. The molecule has 0 aromatic heterocycles. The molecular weight excluding hydrogens is 239 g/mol. The van der Waals surface area contributed by atoms with Crippen molar-refractivity contribution in [1.82, 2.24) is 9.80 Å². The van der Waals surface area contributed by atoms with E-state index in [0.29, 0.717) is 10.6 Å². The molecule has 0 spiro atoms. The third-order valence-corrected chi connectivity index (χ3v) is 3.98. The molecule has 0 saturated carbocycles. The normalized spacial score (nSPS) is 27.4. The molecular formula is C13H18ClFN2. The van der Waals surface area contributed by atoms with Crippen LogP contribution >= 0.6 is 11.6 Å². The molecule has 2 rings (SSSR count). The maximum absolute atomic E-state index is 14.0. The second-order valence-corrected chi connectivity index (χ2v) is 5.49. The Morgan fingerprint density at radius 2 is 2.00 bits per heavy atom. The summed E-state index contributed by atoms with van der Waals surface area (Å²) in [6.07, 6.45) is 0. The van der Waals surface area contributed by atoms with Crippen LogP contribution in [0.5, 0.6) is 0 Å². The molecule has 1 aromatic rings. The summed E-state index contributed by atoms with van der Waals surface area (Å²) < 4.78 is 14.0. The molecule has 94 valence electrons. The van der Waals surface area contributed by atoms with E-state index in [0.717, 1.165) is 19.6 Å². The molecule has 2 nitrogen and oxygen atoms in total. The van der Waals surface area contributed by atoms with Crippen molar-refractivity contribution < 1.29 is 4.39 Å². The van der Waals surface area contributed by atoms with E-state index in [-0.39, 0.29) is 11.4 Å². The third-order valence-electron chi connectivity index (χ3n) is 3.75. The zero-order valence-corrected chi connectivity index (χ0v) is 11.3. The van der Waals surface area contributed by atoms with Crippen LogP contribution in [0, 0.1) is 5.82 Å². The van der Waals surface area contributed by atoms with Gasteiger partial charge in [0.25, 0.3) is 0 Å². The molecule has 0 N–H and O–H groups in total. The highest BCUT2D eigenvalue weighted by Gasteiger charge is 2.37. The van der Waals surface area contributed by atoms with Gasteiger partial charge in [-0.3, -0.25) is 4.90 Å². The number of halogens is 2. The highest BCUT2D eigenvalue weighted by molar-refractivity contribution is 6.30. The number of likely N-dealkylation sites (N-methyl/N-ethyl adjacent to an activating group) is 2. The van der Waals surface area contributed by atoms with Crippen molar-refractivity contribution in [2.45, 2.75) is 12.5 Å². The number of hydrogen-bond acceptors (Lipinski definition) is 2. The number of benzene rings is 1. The van der Waals surface area contributed by atoms with E-state index >= 15 is 0 Å². The van der Waals surface area contributed by atoms with E-state index in [1.807, 2.05) is 7.05 Å². The Kier molecular flexibility index (Phi) is 3.43. The molecule has 4 heteroatoms. The monoisotopic (exact) mass is 256 g/mol. The van der Waals surface area contributed by atoms with Gasteiger partial charge in [-0.2, -0.15) is 0 Å². The van der Waals surface area contributed by atoms with Gasteiger partial charge in [0.15, 0.2) is 0 Å². The van der Waals surface area contributed by atoms with E-state index in [1.54, 1.807) is 12.1 Å². The maximum atomic E-state index is 14.0. The van der Waals surface area contributed by atoms with Gasteiger partial charge in [0.05, 0.1) is 5.54 Å². The third kappa shape index (κ3) is 2.32. The summed E-state index contributed by atoms with van der Waals surface area (Å²) in [6.45, 7) is 4.81. The van der Waals surface area contributed by atoms with Gasteiger partial charge < -0.3 is 4.90 Å². The lowest BCUT2D eigenvalue weighted by Crippen LogP contribution is -2.56. The molecule has 1 heterocycles. The molecule has 1 atom stereocenters. The van der Waals surface area contributed by atoms with Gasteiger partial charge in [-0.1, -0.05) is 11.6 Å². The van der Waals surface area contributed by atoms with Crippen LogP contribution in [0.3, 0.4) is 0 Å². The van der Waals surface area contributed by atoms with Crippen LogP contribution in [-0.4, -0.2) is 43.5 Å². The van der Waals surface area contributed by atoms with Crippen molar-refractivity contribution in [3.8, 4) is 0 Å². The highest BCUT2D eigenvalue weighted by atomic mass is 35.5. The maximum Gasteiger partial charge on any atom is 0.128 e. The number of nitrogens with zero attached hydrogens (tertiary/aromatic N) is 2. The van der Waals surface area contributed by atoms with Crippen LogP contribution in [-0.2, 0) is 5.54 Å². The number of rotatable bonds is 1. The van der Waals surface area contributed by atoms with Crippen LogP contribution in [0.4, 0.5) is 4.39 Å². The molecule has 17 heavy (non-hydrogen) atoms. The first-order valence-corrected chi connectivity index (χ1v) is 6.16. The molecule has 1 saturated heterocycles. The summed E-state index contributed by atoms with van der Waals surface area (Å²) in [5.41, 5.74) is 0.362. The van der Waals surface area contributed by atoms with Gasteiger partial charge in [-0.05, 0) is 39.2 Å². The molecule has 1 fully saturated rings. The largest absolute Gasteiger partial charge is 0.303 e. The van der Waals surface area contributed by atoms with Gasteiger partial charge in [0, 0.05) is 30.2 Å². The fraction of sp³-hybridized carbons (Fsp3) is 0.538. The van der Waals surface area contributed by atoms with Crippen molar-refractivity contribution in [2.75, 3.05) is 33.7 Å². The molecule has 1 aliphatic rings. The van der Waals surface area contributed by atoms with Crippen molar-refractivity contribution in [3.05, 3.63) is 34.6 Å². The Hall–Kier alpha value is -0.640. The van der Waals surface area contributed by atoms with Crippen molar-refractivity contribution in [3.63, 3.8) is 0 Å². The highest BCUT2D eigenvalue weighted by Crippen LogP contribution is 2.33. The Labute approximate surface area is 107 Å². The zero-order valence-electron chi connectivity index (χ0n) is 10.5. The van der Waals surface area contributed by atoms with Crippen molar-refractivity contribution in [2.24, 2.45) is 0 Å². The molecule has 0 bridgehead atoms. The van der Waals surface area contributed by atoms with Crippen LogP contribution in [0.15, 0.2) is 18.2 Å². The molecule has 1 aliphatic heterocycles. The van der Waals surface area contributed by atoms with Gasteiger partial charge in [0.2, 0.25) is 0 Å². The minimum absolute atomic E-state index is 0.181. The number of piperazine rings is 1. The average molecular weight is 257 g/mol. The minimum Gasteiger partial charge on any atom is -0.303 e. The van der Waals surface area contributed by atoms with Gasteiger partial charge >= 0.3 is 0 Å². The zero-order chi connectivity index (χ0) is 12.6. The standard InChI is InChI=1S/C13H18ClFN2/c1-13(9-16(2)6-7-17(13)3)11-8-10(14)4-5-12(11)15/h4-5,8H,6-7,9H2,1-3H3. The van der Waals surface area contributed by atoms with Crippen molar-refractivity contribution >= 4 is 11.6 Å². The molecule has 1 aromatic carbocycles. The topological polar surface area (TPSA) is 6.48 Å². The summed E-state index contributed by atoms with van der Waals surface area (Å²) in [7, 11) is 4.10. The smallest absolute Gasteiger partial charge is 0.128 e. The van der Waals surface area contributed by atoms with Crippen LogP contribution in [0.1, 0.15) is 12.5 Å².